The molecule has 1 amide bonds. The number of aromatic nitrogens is 2. The summed E-state index contributed by atoms with van der Waals surface area (Å²) in [6, 6.07) is 10.1. The number of hydrogen-bond donors (Lipinski definition) is 1. The van der Waals surface area contributed by atoms with Crippen molar-refractivity contribution in [1.82, 2.24) is 14.9 Å². The number of nitrogens with zero attached hydrogens (tertiary/aromatic N) is 2. The van der Waals surface area contributed by atoms with Crippen LogP contribution in [0.25, 0.3) is 5.69 Å². The van der Waals surface area contributed by atoms with Crippen LogP contribution in [0, 0.1) is 18.6 Å². The van der Waals surface area contributed by atoms with Gasteiger partial charge in [-0.15, -0.1) is 0 Å². The molecule has 0 bridgehead atoms. The molecule has 0 aliphatic rings. The molecule has 0 fully saturated rings. The van der Waals surface area contributed by atoms with E-state index in [1.54, 1.807) is 31.2 Å². The third-order valence-corrected chi connectivity index (χ3v) is 5.01. The van der Waals surface area contributed by atoms with Crippen LogP contribution in [0.2, 0.25) is 0 Å². The van der Waals surface area contributed by atoms with Crippen molar-refractivity contribution in [3.63, 3.8) is 0 Å². The van der Waals surface area contributed by atoms with Crippen molar-refractivity contribution in [3.8, 4) is 11.6 Å². The molecule has 31 heavy (non-hydrogen) atoms. The Bertz CT molecular complexity index is 1180. The summed E-state index contributed by atoms with van der Waals surface area (Å²) in [7, 11) is 1.27. The molecule has 0 saturated carbocycles. The van der Waals surface area contributed by atoms with Crippen LogP contribution in [0.15, 0.2) is 51.7 Å². The zero-order valence-corrected chi connectivity index (χ0v) is 18.2. The van der Waals surface area contributed by atoms with Gasteiger partial charge in [0.15, 0.2) is 0 Å². The third-order valence-electron chi connectivity index (χ3n) is 4.34. The highest BCUT2D eigenvalue weighted by Crippen LogP contribution is 2.22. The minimum absolute atomic E-state index is 0.00834. The number of carbonyl (C=O) groups excluding carboxylic acids is 1. The molecule has 0 aliphatic heterocycles. The molecule has 1 heterocycles. The standard InChI is InChI=1S/C21H18BrF2N3O4/c1-12-26-19(31-11-14-6-7-15(23)9-17(14)24)18(22)20(28)27(12)16-5-3-4-13(8-16)10-25-21(29)30-2/h3-9H,10-11H2,1-2H3,(H,25,29). The minimum atomic E-state index is -0.751. The van der Waals surface area contributed by atoms with Gasteiger partial charge in [0.1, 0.15) is 28.5 Å². The lowest BCUT2D eigenvalue weighted by atomic mass is 10.2. The molecular weight excluding hydrogens is 476 g/mol. The predicted molar refractivity (Wildman–Crippen MR) is 112 cm³/mol. The molecule has 0 unspecified atom stereocenters. The first-order valence-electron chi connectivity index (χ1n) is 9.07. The van der Waals surface area contributed by atoms with E-state index < -0.39 is 23.3 Å². The van der Waals surface area contributed by atoms with Gasteiger partial charge < -0.3 is 14.8 Å². The topological polar surface area (TPSA) is 82.4 Å². The summed E-state index contributed by atoms with van der Waals surface area (Å²) in [6.45, 7) is 1.61. The first-order chi connectivity index (χ1) is 14.8. The van der Waals surface area contributed by atoms with E-state index in [1.807, 2.05) is 0 Å². The number of nitrogens with one attached hydrogen (secondary N) is 1. The normalized spacial score (nSPS) is 10.6. The van der Waals surface area contributed by atoms with Crippen molar-refractivity contribution in [1.29, 1.82) is 0 Å². The van der Waals surface area contributed by atoms with Gasteiger partial charge in [0.25, 0.3) is 5.56 Å². The Labute approximate surface area is 184 Å². The average Bonchev–Trinajstić information content (AvgIpc) is 2.75. The maximum atomic E-state index is 13.8. The minimum Gasteiger partial charge on any atom is -0.472 e. The summed E-state index contributed by atoms with van der Waals surface area (Å²) in [6.07, 6.45) is -0.567. The Morgan fingerprint density at radius 2 is 2.00 bits per heavy atom. The number of amides is 1. The lowest BCUT2D eigenvalue weighted by Gasteiger charge is -2.14. The second-order valence-corrected chi connectivity index (χ2v) is 7.25. The van der Waals surface area contributed by atoms with Gasteiger partial charge in [0, 0.05) is 18.2 Å². The largest absolute Gasteiger partial charge is 0.472 e. The lowest BCUT2D eigenvalue weighted by Crippen LogP contribution is -2.25. The number of carbonyl (C=O) groups is 1. The molecule has 3 rings (SSSR count). The molecule has 0 radical (unpaired) electrons. The summed E-state index contributed by atoms with van der Waals surface area (Å²) in [4.78, 5) is 28.5. The number of benzene rings is 2. The number of rotatable bonds is 6. The summed E-state index contributed by atoms with van der Waals surface area (Å²) >= 11 is 3.20. The summed E-state index contributed by atoms with van der Waals surface area (Å²) in [5.41, 5.74) is 0.983. The lowest BCUT2D eigenvalue weighted by molar-refractivity contribution is 0.170. The van der Waals surface area contributed by atoms with Crippen LogP contribution in [-0.4, -0.2) is 22.8 Å². The van der Waals surface area contributed by atoms with E-state index in [0.717, 1.165) is 17.7 Å². The van der Waals surface area contributed by atoms with Crippen molar-refractivity contribution in [3.05, 3.63) is 85.9 Å². The molecule has 1 N–H and O–H groups in total. The zero-order chi connectivity index (χ0) is 22.5. The SMILES string of the molecule is COC(=O)NCc1cccc(-n2c(C)nc(OCc3ccc(F)cc3F)c(Br)c2=O)c1. The fourth-order valence-corrected chi connectivity index (χ4v) is 3.20. The molecule has 0 spiro atoms. The fraction of sp³-hybridized carbons (Fsp3) is 0.190. The van der Waals surface area contributed by atoms with Crippen LogP contribution < -0.4 is 15.6 Å². The molecule has 0 aliphatic carbocycles. The van der Waals surface area contributed by atoms with E-state index in [-0.39, 0.29) is 29.1 Å². The highest BCUT2D eigenvalue weighted by molar-refractivity contribution is 9.10. The first kappa shape index (κ1) is 22.4. The monoisotopic (exact) mass is 493 g/mol. The maximum Gasteiger partial charge on any atom is 0.407 e. The van der Waals surface area contributed by atoms with Gasteiger partial charge in [-0.1, -0.05) is 12.1 Å². The van der Waals surface area contributed by atoms with E-state index in [9.17, 15) is 18.4 Å². The van der Waals surface area contributed by atoms with Crippen molar-refractivity contribution in [2.24, 2.45) is 0 Å². The van der Waals surface area contributed by atoms with Crippen LogP contribution in [0.5, 0.6) is 5.88 Å². The predicted octanol–water partition coefficient (Wildman–Crippen LogP) is 4.02. The number of aryl methyl sites for hydroxylation is 1. The highest BCUT2D eigenvalue weighted by Gasteiger charge is 2.16. The van der Waals surface area contributed by atoms with Gasteiger partial charge >= 0.3 is 6.09 Å². The molecule has 3 aromatic rings. The van der Waals surface area contributed by atoms with Crippen LogP contribution in [0.1, 0.15) is 17.0 Å². The highest BCUT2D eigenvalue weighted by atomic mass is 79.9. The summed E-state index contributed by atoms with van der Waals surface area (Å²) in [5.74, 6) is -1.12. The Balaban J connectivity index is 1.86. The van der Waals surface area contributed by atoms with E-state index >= 15 is 0 Å². The van der Waals surface area contributed by atoms with Crippen molar-refractivity contribution >= 4 is 22.0 Å². The molecular formula is C21H18BrF2N3O4. The Morgan fingerprint density at radius 3 is 2.71 bits per heavy atom. The Kier molecular flexibility index (Phi) is 7.01. The number of hydrogen-bond acceptors (Lipinski definition) is 5. The first-order valence-corrected chi connectivity index (χ1v) is 9.86. The van der Waals surface area contributed by atoms with Crippen LogP contribution >= 0.6 is 15.9 Å². The Morgan fingerprint density at radius 1 is 1.23 bits per heavy atom. The quantitative estimate of drug-likeness (QED) is 0.560. The van der Waals surface area contributed by atoms with Gasteiger partial charge in [-0.3, -0.25) is 9.36 Å². The summed E-state index contributed by atoms with van der Waals surface area (Å²) in [5, 5.41) is 2.57. The van der Waals surface area contributed by atoms with E-state index in [0.29, 0.717) is 11.5 Å². The smallest absolute Gasteiger partial charge is 0.407 e. The molecule has 1 aromatic heterocycles. The van der Waals surface area contributed by atoms with Crippen molar-refractivity contribution < 1.29 is 23.0 Å². The van der Waals surface area contributed by atoms with Gasteiger partial charge in [0.05, 0.1) is 12.8 Å². The Hall–Kier alpha value is -3.27. The molecule has 0 saturated heterocycles. The van der Waals surface area contributed by atoms with Gasteiger partial charge in [0.2, 0.25) is 5.88 Å². The number of alkyl carbamates (subject to hydrolysis) is 1. The van der Waals surface area contributed by atoms with Crippen molar-refractivity contribution in [2.45, 2.75) is 20.1 Å². The van der Waals surface area contributed by atoms with Crippen LogP contribution in [0.4, 0.5) is 13.6 Å². The van der Waals surface area contributed by atoms with Crippen LogP contribution in [0.3, 0.4) is 0 Å². The third kappa shape index (κ3) is 5.26. The van der Waals surface area contributed by atoms with Gasteiger partial charge in [-0.05, 0) is 52.7 Å². The number of ether oxygens (including phenoxy) is 2. The van der Waals surface area contributed by atoms with Gasteiger partial charge in [-0.2, -0.15) is 4.98 Å². The molecule has 162 valence electrons. The zero-order valence-electron chi connectivity index (χ0n) is 16.6. The number of halogens is 3. The number of methoxy groups -OCH3 is 1. The molecule has 10 heteroatoms. The van der Waals surface area contributed by atoms with Gasteiger partial charge in [-0.25, -0.2) is 13.6 Å². The molecule has 7 nitrogen and oxygen atoms in total. The molecule has 2 aromatic carbocycles. The second-order valence-electron chi connectivity index (χ2n) is 6.46. The van der Waals surface area contributed by atoms with Crippen molar-refractivity contribution in [2.75, 3.05) is 7.11 Å². The maximum absolute atomic E-state index is 13.8. The average molecular weight is 494 g/mol. The van der Waals surface area contributed by atoms with E-state index in [2.05, 4.69) is 31.0 Å². The molecule has 0 atom stereocenters. The van der Waals surface area contributed by atoms with E-state index in [4.69, 9.17) is 4.74 Å². The second kappa shape index (κ2) is 9.69. The van der Waals surface area contributed by atoms with Crippen LogP contribution in [-0.2, 0) is 17.9 Å². The summed E-state index contributed by atoms with van der Waals surface area (Å²) < 4.78 is 38.3. The fourth-order valence-electron chi connectivity index (χ4n) is 2.82. The van der Waals surface area contributed by atoms with E-state index in [1.165, 1.54) is 17.7 Å².